The number of pyridine rings is 1. The first kappa shape index (κ1) is 14.3. The van der Waals surface area contributed by atoms with Crippen LogP contribution in [0.2, 0.25) is 0 Å². The molecule has 2 N–H and O–H groups in total. The van der Waals surface area contributed by atoms with Gasteiger partial charge in [0.1, 0.15) is 12.4 Å². The summed E-state index contributed by atoms with van der Waals surface area (Å²) < 4.78 is 5.37. The molecule has 0 aliphatic heterocycles. The van der Waals surface area contributed by atoms with E-state index in [0.717, 1.165) is 18.5 Å². The number of rotatable bonds is 6. The second-order valence-electron chi connectivity index (χ2n) is 3.70. The summed E-state index contributed by atoms with van der Waals surface area (Å²) in [6, 6.07) is 3.91. The Morgan fingerprint density at radius 1 is 1.59 bits per heavy atom. The van der Waals surface area contributed by atoms with Gasteiger partial charge in [-0.1, -0.05) is 30.1 Å². The maximum absolute atomic E-state index is 5.85. The Labute approximate surface area is 112 Å². The van der Waals surface area contributed by atoms with Crippen LogP contribution in [0.5, 0.6) is 5.75 Å². The van der Waals surface area contributed by atoms with E-state index < -0.39 is 0 Å². The molecule has 0 saturated carbocycles. The number of hydrogen-bond donors (Lipinski definition) is 1. The van der Waals surface area contributed by atoms with Gasteiger partial charge in [-0.2, -0.15) is 0 Å². The summed E-state index contributed by atoms with van der Waals surface area (Å²) in [5, 5.41) is 0.448. The molecule has 0 spiro atoms. The topological polar surface area (TPSA) is 48.1 Å². The zero-order valence-corrected chi connectivity index (χ0v) is 11.2. The zero-order chi connectivity index (χ0) is 12.7. The van der Waals surface area contributed by atoms with Gasteiger partial charge >= 0.3 is 0 Å². The molecule has 0 radical (unpaired) electrons. The average molecular weight is 275 g/mol. The monoisotopic (exact) mass is 274 g/mol. The number of ether oxygens (including phenoxy) is 1. The Kier molecular flexibility index (Phi) is 6.34. The van der Waals surface area contributed by atoms with Crippen molar-refractivity contribution in [3.8, 4) is 5.75 Å². The van der Waals surface area contributed by atoms with Crippen LogP contribution < -0.4 is 10.5 Å². The molecule has 0 aliphatic carbocycles. The Balaban J connectivity index is 2.50. The molecule has 94 valence electrons. The maximum Gasteiger partial charge on any atom is 0.138 e. The van der Waals surface area contributed by atoms with Crippen molar-refractivity contribution in [1.82, 2.24) is 4.98 Å². The van der Waals surface area contributed by atoms with E-state index in [4.69, 9.17) is 33.7 Å². The quantitative estimate of drug-likeness (QED) is 0.868. The molecule has 1 aromatic rings. The highest BCUT2D eigenvalue weighted by atomic mass is 35.5. The van der Waals surface area contributed by atoms with Crippen molar-refractivity contribution in [2.45, 2.75) is 25.8 Å². The van der Waals surface area contributed by atoms with Crippen LogP contribution >= 0.6 is 23.2 Å². The minimum absolute atomic E-state index is 0.155. The molecule has 0 bridgehead atoms. The second kappa shape index (κ2) is 7.54. The molecule has 1 atom stereocenters. The first-order valence-electron chi connectivity index (χ1n) is 5.43. The molecule has 0 aliphatic rings. The summed E-state index contributed by atoms with van der Waals surface area (Å²) in [7, 11) is 0. The van der Waals surface area contributed by atoms with Gasteiger partial charge in [0, 0.05) is 23.7 Å². The molecular weight excluding hydrogens is 259 g/mol. The predicted octanol–water partition coefficient (Wildman–Crippen LogP) is 3.06. The van der Waals surface area contributed by atoms with Crippen LogP contribution in [0.4, 0.5) is 0 Å². The molecule has 0 fully saturated rings. The second-order valence-corrected chi connectivity index (χ2v) is 4.41. The van der Waals surface area contributed by atoms with Crippen molar-refractivity contribution in [1.29, 1.82) is 0 Å². The zero-order valence-electron chi connectivity index (χ0n) is 9.70. The fourth-order valence-corrected chi connectivity index (χ4v) is 1.33. The molecule has 17 heavy (non-hydrogen) atoms. The van der Waals surface area contributed by atoms with Crippen LogP contribution in [0.15, 0.2) is 28.9 Å². The van der Waals surface area contributed by atoms with Crippen molar-refractivity contribution in [3.05, 3.63) is 34.6 Å². The molecule has 5 heteroatoms. The lowest BCUT2D eigenvalue weighted by atomic mass is 10.1. The van der Waals surface area contributed by atoms with Crippen LogP contribution in [0, 0.1) is 0 Å². The third kappa shape index (κ3) is 5.39. The Morgan fingerprint density at radius 2 is 2.35 bits per heavy atom. The lowest BCUT2D eigenvalue weighted by Gasteiger charge is -2.09. The summed E-state index contributed by atoms with van der Waals surface area (Å²) in [5.41, 5.74) is 8.09. The molecule has 1 rings (SSSR count). The van der Waals surface area contributed by atoms with Gasteiger partial charge in [-0.15, -0.1) is 0 Å². The van der Waals surface area contributed by atoms with Gasteiger partial charge in [-0.25, -0.2) is 0 Å². The largest absolute Gasteiger partial charge is 0.486 e. The molecule has 0 amide bonds. The van der Waals surface area contributed by atoms with Crippen LogP contribution in [-0.2, 0) is 6.42 Å². The molecule has 1 unspecified atom stereocenters. The first-order valence-corrected chi connectivity index (χ1v) is 6.25. The summed E-state index contributed by atoms with van der Waals surface area (Å²) in [6.07, 6.45) is 3.38. The SMILES string of the molecule is CCC(N)Cc1ccc(OCC(Cl)=CCl)cn1. The first-order chi connectivity index (χ1) is 8.15. The van der Waals surface area contributed by atoms with Gasteiger partial charge in [0.2, 0.25) is 0 Å². The number of aromatic nitrogens is 1. The van der Waals surface area contributed by atoms with Crippen LogP contribution in [0.1, 0.15) is 19.0 Å². The lowest BCUT2D eigenvalue weighted by Crippen LogP contribution is -2.21. The Bertz CT molecular complexity index is 365. The molecule has 0 saturated heterocycles. The summed E-state index contributed by atoms with van der Waals surface area (Å²) in [6.45, 7) is 2.31. The minimum Gasteiger partial charge on any atom is -0.486 e. The molecule has 3 nitrogen and oxygen atoms in total. The van der Waals surface area contributed by atoms with E-state index in [0.29, 0.717) is 10.8 Å². The third-order valence-electron chi connectivity index (χ3n) is 2.29. The van der Waals surface area contributed by atoms with E-state index in [9.17, 15) is 0 Å². The van der Waals surface area contributed by atoms with Crippen LogP contribution in [0.25, 0.3) is 0 Å². The van der Waals surface area contributed by atoms with Gasteiger partial charge in [-0.05, 0) is 18.6 Å². The normalized spacial score (nSPS) is 13.5. The van der Waals surface area contributed by atoms with E-state index in [2.05, 4.69) is 11.9 Å². The van der Waals surface area contributed by atoms with E-state index in [-0.39, 0.29) is 12.6 Å². The smallest absolute Gasteiger partial charge is 0.138 e. The number of nitrogens with zero attached hydrogens (tertiary/aromatic N) is 1. The van der Waals surface area contributed by atoms with Gasteiger partial charge in [0.25, 0.3) is 0 Å². The van der Waals surface area contributed by atoms with E-state index in [1.807, 2.05) is 12.1 Å². The van der Waals surface area contributed by atoms with Crippen molar-refractivity contribution < 1.29 is 4.74 Å². The van der Waals surface area contributed by atoms with E-state index in [1.54, 1.807) is 6.20 Å². The van der Waals surface area contributed by atoms with Crippen LogP contribution in [-0.4, -0.2) is 17.6 Å². The van der Waals surface area contributed by atoms with Crippen molar-refractivity contribution in [2.24, 2.45) is 5.73 Å². The molecular formula is C12H16Cl2N2O. The standard InChI is InChI=1S/C12H16Cl2N2O/c1-2-10(15)5-11-3-4-12(7-16-11)17-8-9(14)6-13/h3-4,6-7,10H,2,5,8,15H2,1H3. The highest BCUT2D eigenvalue weighted by molar-refractivity contribution is 6.36. The highest BCUT2D eigenvalue weighted by Gasteiger charge is 2.03. The average Bonchev–Trinajstić information content (AvgIpc) is 2.37. The summed E-state index contributed by atoms with van der Waals surface area (Å²) >= 11 is 11.1. The van der Waals surface area contributed by atoms with Gasteiger partial charge < -0.3 is 10.5 Å². The summed E-state index contributed by atoms with van der Waals surface area (Å²) in [5.74, 6) is 0.662. The predicted molar refractivity (Wildman–Crippen MR) is 71.5 cm³/mol. The van der Waals surface area contributed by atoms with E-state index >= 15 is 0 Å². The maximum atomic E-state index is 5.85. The van der Waals surface area contributed by atoms with Gasteiger partial charge in [-0.3, -0.25) is 4.98 Å². The third-order valence-corrected chi connectivity index (χ3v) is 2.88. The number of halogens is 2. The number of hydrogen-bond acceptors (Lipinski definition) is 3. The highest BCUT2D eigenvalue weighted by Crippen LogP contribution is 2.13. The van der Waals surface area contributed by atoms with Crippen molar-refractivity contribution in [3.63, 3.8) is 0 Å². The molecule has 1 heterocycles. The summed E-state index contributed by atoms with van der Waals surface area (Å²) in [4.78, 5) is 4.27. The fraction of sp³-hybridized carbons (Fsp3) is 0.417. The van der Waals surface area contributed by atoms with Gasteiger partial charge in [0.15, 0.2) is 0 Å². The Hall–Kier alpha value is -0.770. The fourth-order valence-electron chi connectivity index (χ4n) is 1.21. The van der Waals surface area contributed by atoms with Crippen molar-refractivity contribution >= 4 is 23.2 Å². The molecule has 1 aromatic heterocycles. The molecule has 0 aromatic carbocycles. The minimum atomic E-state index is 0.155. The van der Waals surface area contributed by atoms with E-state index in [1.165, 1.54) is 5.54 Å². The van der Waals surface area contributed by atoms with Gasteiger partial charge in [0.05, 0.1) is 11.2 Å². The lowest BCUT2D eigenvalue weighted by molar-refractivity contribution is 0.357. The Morgan fingerprint density at radius 3 is 2.88 bits per heavy atom. The number of nitrogens with two attached hydrogens (primary N) is 1. The van der Waals surface area contributed by atoms with Crippen molar-refractivity contribution in [2.75, 3.05) is 6.61 Å². The van der Waals surface area contributed by atoms with Crippen LogP contribution in [0.3, 0.4) is 0 Å².